The number of fused-ring (bicyclic) bond motifs is 6. The summed E-state index contributed by atoms with van der Waals surface area (Å²) in [5.74, 6) is 1.03. The highest BCUT2D eigenvalue weighted by molar-refractivity contribution is 7.12. The predicted octanol–water partition coefficient (Wildman–Crippen LogP) is 5.55. The van der Waals surface area contributed by atoms with Crippen molar-refractivity contribution in [2.75, 3.05) is 0 Å². The third kappa shape index (κ3) is 2.75. The lowest BCUT2D eigenvalue weighted by molar-refractivity contribution is 0.423. The van der Waals surface area contributed by atoms with E-state index in [0.717, 1.165) is 20.7 Å². The molecule has 0 N–H and O–H groups in total. The molecule has 0 fully saturated rings. The standard InChI is InChI=1S/C26H16N4O3S/c1-14-11-12-18(34-14)19-20-22(16-9-5-6-10-17(16)32-26(20)31)33-25-21(19)24-28-23(29-30(24)13-27-25)15-7-3-2-4-8-15/h2-13,19H,1H3. The summed E-state index contributed by atoms with van der Waals surface area (Å²) in [4.78, 5) is 24.9. The largest absolute Gasteiger partial charge is 0.437 e. The summed E-state index contributed by atoms with van der Waals surface area (Å²) in [5.41, 5.74) is 2.69. The quantitative estimate of drug-likeness (QED) is 0.312. The zero-order valence-electron chi connectivity index (χ0n) is 17.9. The van der Waals surface area contributed by atoms with Crippen molar-refractivity contribution < 1.29 is 9.15 Å². The number of thiophene rings is 1. The molecule has 5 heterocycles. The van der Waals surface area contributed by atoms with Crippen molar-refractivity contribution in [1.29, 1.82) is 0 Å². The molecule has 1 aliphatic rings. The molecule has 164 valence electrons. The second-order valence-corrected chi connectivity index (χ2v) is 9.46. The first-order valence-corrected chi connectivity index (χ1v) is 11.6. The summed E-state index contributed by atoms with van der Waals surface area (Å²) in [6.45, 7) is 2.04. The van der Waals surface area contributed by atoms with Crippen LogP contribution in [0.4, 0.5) is 0 Å². The highest BCUT2D eigenvalue weighted by Crippen LogP contribution is 2.50. The molecule has 0 bridgehead atoms. The number of ether oxygens (including phenoxy) is 1. The van der Waals surface area contributed by atoms with Gasteiger partial charge in [0.25, 0.3) is 0 Å². The van der Waals surface area contributed by atoms with Crippen molar-refractivity contribution in [3.05, 3.63) is 104 Å². The van der Waals surface area contributed by atoms with Crippen molar-refractivity contribution in [3.8, 4) is 23.0 Å². The average molecular weight is 465 g/mol. The monoisotopic (exact) mass is 464 g/mol. The number of aromatic nitrogens is 4. The van der Waals surface area contributed by atoms with E-state index in [0.29, 0.717) is 39.8 Å². The number of hydrogen-bond donors (Lipinski definition) is 0. The van der Waals surface area contributed by atoms with Crippen LogP contribution in [0.2, 0.25) is 0 Å². The fourth-order valence-electron chi connectivity index (χ4n) is 4.53. The molecule has 7 rings (SSSR count). The lowest BCUT2D eigenvalue weighted by Crippen LogP contribution is -2.21. The normalized spacial score (nSPS) is 14.7. The minimum atomic E-state index is -0.442. The van der Waals surface area contributed by atoms with Crippen molar-refractivity contribution in [1.82, 2.24) is 19.6 Å². The third-order valence-corrected chi connectivity index (χ3v) is 7.11. The van der Waals surface area contributed by atoms with Crippen molar-refractivity contribution in [2.24, 2.45) is 0 Å². The van der Waals surface area contributed by atoms with Crippen LogP contribution in [0.3, 0.4) is 0 Å². The molecule has 8 heteroatoms. The Morgan fingerprint density at radius 1 is 0.971 bits per heavy atom. The van der Waals surface area contributed by atoms with Gasteiger partial charge in [0.05, 0.1) is 22.4 Å². The van der Waals surface area contributed by atoms with Crippen molar-refractivity contribution >= 4 is 28.0 Å². The smallest absolute Gasteiger partial charge is 0.344 e. The molecule has 0 saturated carbocycles. The maximum Gasteiger partial charge on any atom is 0.344 e. The SMILES string of the molecule is Cc1ccc(C2c3c(c4ccccc4oc3=O)Oc3ncn4nc(-c5ccccc5)nc4c32)s1. The van der Waals surface area contributed by atoms with Gasteiger partial charge in [-0.1, -0.05) is 42.5 Å². The van der Waals surface area contributed by atoms with Crippen LogP contribution in [0.15, 0.2) is 82.3 Å². The van der Waals surface area contributed by atoms with Gasteiger partial charge in [-0.3, -0.25) is 0 Å². The summed E-state index contributed by atoms with van der Waals surface area (Å²) in [6.07, 6.45) is 1.60. The molecule has 1 unspecified atom stereocenters. The first-order valence-electron chi connectivity index (χ1n) is 10.8. The Labute approximate surface area is 196 Å². The molecular weight excluding hydrogens is 448 g/mol. The van der Waals surface area contributed by atoms with Crippen LogP contribution in [0.1, 0.15) is 26.8 Å². The second kappa shape index (κ2) is 7.10. The van der Waals surface area contributed by atoms with E-state index >= 15 is 0 Å². The van der Waals surface area contributed by atoms with Crippen LogP contribution in [0.5, 0.6) is 11.6 Å². The van der Waals surface area contributed by atoms with E-state index < -0.39 is 11.5 Å². The van der Waals surface area contributed by atoms with Crippen LogP contribution in [-0.4, -0.2) is 19.6 Å². The van der Waals surface area contributed by atoms with Crippen LogP contribution in [0, 0.1) is 6.92 Å². The Morgan fingerprint density at radius 3 is 2.62 bits per heavy atom. The Kier molecular flexibility index (Phi) is 4.01. The zero-order valence-corrected chi connectivity index (χ0v) is 18.7. The van der Waals surface area contributed by atoms with Gasteiger partial charge in [-0.05, 0) is 31.2 Å². The molecule has 0 spiro atoms. The van der Waals surface area contributed by atoms with Gasteiger partial charge in [0.15, 0.2) is 17.2 Å². The fourth-order valence-corrected chi connectivity index (χ4v) is 5.53. The number of nitrogens with zero attached hydrogens (tertiary/aromatic N) is 4. The number of benzene rings is 2. The van der Waals surface area contributed by atoms with E-state index in [2.05, 4.69) is 10.1 Å². The lowest BCUT2D eigenvalue weighted by atomic mass is 9.88. The molecule has 34 heavy (non-hydrogen) atoms. The second-order valence-electron chi connectivity index (χ2n) is 8.14. The topological polar surface area (TPSA) is 82.5 Å². The molecule has 2 aromatic carbocycles. The van der Waals surface area contributed by atoms with Crippen molar-refractivity contribution in [2.45, 2.75) is 12.8 Å². The molecule has 0 amide bonds. The highest BCUT2D eigenvalue weighted by Gasteiger charge is 2.38. The zero-order chi connectivity index (χ0) is 22.8. The van der Waals surface area contributed by atoms with E-state index in [-0.39, 0.29) is 0 Å². The first-order chi connectivity index (χ1) is 16.7. The van der Waals surface area contributed by atoms with Gasteiger partial charge in [-0.15, -0.1) is 16.4 Å². The minimum Gasteiger partial charge on any atom is -0.437 e. The lowest BCUT2D eigenvalue weighted by Gasteiger charge is -2.26. The summed E-state index contributed by atoms with van der Waals surface area (Å²) < 4.78 is 13.7. The summed E-state index contributed by atoms with van der Waals surface area (Å²) in [6, 6.07) is 21.2. The van der Waals surface area contributed by atoms with E-state index in [1.54, 1.807) is 28.2 Å². The van der Waals surface area contributed by atoms with Gasteiger partial charge < -0.3 is 9.15 Å². The third-order valence-electron chi connectivity index (χ3n) is 6.04. The van der Waals surface area contributed by atoms with E-state index in [4.69, 9.17) is 14.1 Å². The summed E-state index contributed by atoms with van der Waals surface area (Å²) >= 11 is 1.63. The molecule has 1 aliphatic heterocycles. The van der Waals surface area contributed by atoms with E-state index in [1.165, 1.54) is 0 Å². The predicted molar refractivity (Wildman–Crippen MR) is 129 cm³/mol. The minimum absolute atomic E-state index is 0.416. The molecular formula is C26H16N4O3S. The van der Waals surface area contributed by atoms with Crippen molar-refractivity contribution in [3.63, 3.8) is 0 Å². The van der Waals surface area contributed by atoms with Gasteiger partial charge in [0.1, 0.15) is 11.9 Å². The average Bonchev–Trinajstić information content (AvgIpc) is 3.50. The molecule has 0 aliphatic carbocycles. The molecule has 6 aromatic rings. The van der Waals surface area contributed by atoms with Crippen LogP contribution in [0.25, 0.3) is 28.0 Å². The highest BCUT2D eigenvalue weighted by atomic mass is 32.1. The van der Waals surface area contributed by atoms with Gasteiger partial charge >= 0.3 is 5.63 Å². The Morgan fingerprint density at radius 2 is 1.79 bits per heavy atom. The summed E-state index contributed by atoms with van der Waals surface area (Å²) in [5, 5.41) is 5.37. The molecule has 4 aromatic heterocycles. The van der Waals surface area contributed by atoms with Crippen LogP contribution >= 0.6 is 11.3 Å². The fraction of sp³-hybridized carbons (Fsp3) is 0.0769. The van der Waals surface area contributed by atoms with Crippen LogP contribution in [-0.2, 0) is 0 Å². The number of aryl methyl sites for hydroxylation is 1. The van der Waals surface area contributed by atoms with Crippen LogP contribution < -0.4 is 10.4 Å². The van der Waals surface area contributed by atoms with Gasteiger partial charge in [0.2, 0.25) is 5.88 Å². The number of hydrogen-bond acceptors (Lipinski definition) is 7. The van der Waals surface area contributed by atoms with Gasteiger partial charge in [-0.25, -0.2) is 19.3 Å². The molecule has 0 radical (unpaired) electrons. The number of para-hydroxylation sites is 1. The molecule has 7 nitrogen and oxygen atoms in total. The molecule has 0 saturated heterocycles. The first kappa shape index (κ1) is 19.2. The van der Waals surface area contributed by atoms with Gasteiger partial charge in [-0.2, -0.15) is 0 Å². The Hall–Kier alpha value is -4.30. The summed E-state index contributed by atoms with van der Waals surface area (Å²) in [7, 11) is 0. The Bertz CT molecular complexity index is 1790. The van der Waals surface area contributed by atoms with E-state index in [9.17, 15) is 4.79 Å². The number of rotatable bonds is 2. The van der Waals surface area contributed by atoms with E-state index in [1.807, 2.05) is 67.6 Å². The maximum atomic E-state index is 13.3. The van der Waals surface area contributed by atoms with Gasteiger partial charge in [0, 0.05) is 15.3 Å². The maximum absolute atomic E-state index is 13.3. The Balaban J connectivity index is 1.56. The molecule has 1 atom stereocenters.